The van der Waals surface area contributed by atoms with Gasteiger partial charge in [-0.25, -0.2) is 0 Å². The second-order valence-corrected chi connectivity index (χ2v) is 5.58. The predicted octanol–water partition coefficient (Wildman–Crippen LogP) is 2.64. The highest BCUT2D eigenvalue weighted by molar-refractivity contribution is 5.43. The number of ether oxygens (including phenoxy) is 1. The highest BCUT2D eigenvalue weighted by Crippen LogP contribution is 2.33. The Bertz CT molecular complexity index is 386. The van der Waals surface area contributed by atoms with E-state index in [9.17, 15) is 0 Å². The lowest BCUT2D eigenvalue weighted by Crippen LogP contribution is -2.33. The predicted molar refractivity (Wildman–Crippen MR) is 75.2 cm³/mol. The van der Waals surface area contributed by atoms with Gasteiger partial charge in [0.15, 0.2) is 0 Å². The minimum Gasteiger partial charge on any atom is -0.496 e. The van der Waals surface area contributed by atoms with Crippen molar-refractivity contribution < 1.29 is 9.84 Å². The zero-order valence-electron chi connectivity index (χ0n) is 12.1. The van der Waals surface area contributed by atoms with Crippen molar-refractivity contribution in [3.63, 3.8) is 0 Å². The molecular weight excluding hydrogens is 226 g/mol. The summed E-state index contributed by atoms with van der Waals surface area (Å²) in [5, 5.41) is 11.9. The van der Waals surface area contributed by atoms with E-state index in [1.165, 1.54) is 5.56 Å². The van der Waals surface area contributed by atoms with Crippen LogP contribution in [0.3, 0.4) is 0 Å². The summed E-state index contributed by atoms with van der Waals surface area (Å²) in [5.74, 6) is 1.41. The minimum absolute atomic E-state index is 0.00414. The van der Waals surface area contributed by atoms with Crippen molar-refractivity contribution in [3.05, 3.63) is 29.3 Å². The van der Waals surface area contributed by atoms with Crippen molar-refractivity contribution in [2.45, 2.75) is 39.0 Å². The SMILES string of the molecule is COc1cc(C(C)C)ccc1C(C)(C)CNCO. The van der Waals surface area contributed by atoms with E-state index >= 15 is 0 Å². The number of hydrogen-bond acceptors (Lipinski definition) is 3. The van der Waals surface area contributed by atoms with E-state index in [0.717, 1.165) is 11.3 Å². The van der Waals surface area contributed by atoms with E-state index in [0.29, 0.717) is 12.5 Å². The molecule has 0 aliphatic heterocycles. The van der Waals surface area contributed by atoms with E-state index < -0.39 is 0 Å². The number of aliphatic hydroxyl groups is 1. The van der Waals surface area contributed by atoms with Crippen molar-refractivity contribution in [2.24, 2.45) is 0 Å². The van der Waals surface area contributed by atoms with Crippen molar-refractivity contribution in [1.29, 1.82) is 0 Å². The maximum absolute atomic E-state index is 8.88. The highest BCUT2D eigenvalue weighted by Gasteiger charge is 2.24. The van der Waals surface area contributed by atoms with Crippen molar-refractivity contribution in [3.8, 4) is 5.75 Å². The minimum atomic E-state index is -0.0798. The van der Waals surface area contributed by atoms with Gasteiger partial charge in [0.05, 0.1) is 13.8 Å². The van der Waals surface area contributed by atoms with E-state index in [2.05, 4.69) is 51.2 Å². The molecule has 1 rings (SSSR count). The summed E-state index contributed by atoms with van der Waals surface area (Å²) in [6.45, 7) is 9.33. The second-order valence-electron chi connectivity index (χ2n) is 5.58. The zero-order chi connectivity index (χ0) is 13.8. The van der Waals surface area contributed by atoms with Gasteiger partial charge in [-0.05, 0) is 17.5 Å². The Kier molecular flexibility index (Phi) is 5.17. The first-order valence-electron chi connectivity index (χ1n) is 6.42. The van der Waals surface area contributed by atoms with Gasteiger partial charge < -0.3 is 9.84 Å². The maximum Gasteiger partial charge on any atom is 0.122 e. The normalized spacial score (nSPS) is 11.9. The molecule has 0 aliphatic carbocycles. The molecule has 3 nitrogen and oxygen atoms in total. The Morgan fingerprint density at radius 1 is 1.33 bits per heavy atom. The standard InChI is InChI=1S/C15H25NO2/c1-11(2)12-6-7-13(14(8-12)18-5)15(3,4)9-16-10-17/h6-8,11,16-17H,9-10H2,1-5H3. The summed E-state index contributed by atoms with van der Waals surface area (Å²) in [4.78, 5) is 0. The third-order valence-electron chi connectivity index (χ3n) is 3.30. The summed E-state index contributed by atoms with van der Waals surface area (Å²) < 4.78 is 5.51. The highest BCUT2D eigenvalue weighted by atomic mass is 16.5. The van der Waals surface area contributed by atoms with Crippen LogP contribution < -0.4 is 10.1 Å². The van der Waals surface area contributed by atoms with E-state index in [1.54, 1.807) is 7.11 Å². The summed E-state index contributed by atoms with van der Waals surface area (Å²) >= 11 is 0. The molecule has 3 heteroatoms. The Labute approximate surface area is 110 Å². The number of hydrogen-bond donors (Lipinski definition) is 2. The fourth-order valence-electron chi connectivity index (χ4n) is 2.09. The third kappa shape index (κ3) is 3.47. The largest absolute Gasteiger partial charge is 0.496 e. The lowest BCUT2D eigenvalue weighted by molar-refractivity contribution is 0.246. The Morgan fingerprint density at radius 3 is 2.50 bits per heavy atom. The number of nitrogens with one attached hydrogen (secondary N) is 1. The van der Waals surface area contributed by atoms with Gasteiger partial charge in [0.2, 0.25) is 0 Å². The third-order valence-corrected chi connectivity index (χ3v) is 3.30. The van der Waals surface area contributed by atoms with Crippen LogP contribution in [0.4, 0.5) is 0 Å². The molecule has 0 saturated heterocycles. The molecule has 0 unspecified atom stereocenters. The van der Waals surface area contributed by atoms with Crippen molar-refractivity contribution in [1.82, 2.24) is 5.32 Å². The molecule has 0 saturated carbocycles. The molecule has 18 heavy (non-hydrogen) atoms. The average molecular weight is 251 g/mol. The molecular formula is C15H25NO2. The Morgan fingerprint density at radius 2 is 2.00 bits per heavy atom. The van der Waals surface area contributed by atoms with Crippen LogP contribution in [0, 0.1) is 0 Å². The molecule has 0 radical (unpaired) electrons. The molecule has 0 aliphatic rings. The van der Waals surface area contributed by atoms with Crippen LogP contribution in [-0.2, 0) is 5.41 Å². The molecule has 0 aromatic heterocycles. The topological polar surface area (TPSA) is 41.5 Å². The molecule has 0 atom stereocenters. The molecule has 0 heterocycles. The average Bonchev–Trinajstić information content (AvgIpc) is 2.35. The van der Waals surface area contributed by atoms with Gasteiger partial charge in [-0.15, -0.1) is 0 Å². The van der Waals surface area contributed by atoms with Crippen molar-refractivity contribution >= 4 is 0 Å². The van der Waals surface area contributed by atoms with Gasteiger partial charge in [0.25, 0.3) is 0 Å². The quantitative estimate of drug-likeness (QED) is 0.764. The summed E-state index contributed by atoms with van der Waals surface area (Å²) in [6.07, 6.45) is 0. The van der Waals surface area contributed by atoms with Gasteiger partial charge >= 0.3 is 0 Å². The number of methoxy groups -OCH3 is 1. The smallest absolute Gasteiger partial charge is 0.122 e. The molecule has 0 amide bonds. The number of aliphatic hydroxyl groups excluding tert-OH is 1. The zero-order valence-corrected chi connectivity index (χ0v) is 12.1. The molecule has 2 N–H and O–H groups in total. The van der Waals surface area contributed by atoms with Crippen LogP contribution in [-0.4, -0.2) is 25.5 Å². The van der Waals surface area contributed by atoms with E-state index in [4.69, 9.17) is 9.84 Å². The number of benzene rings is 1. The Hall–Kier alpha value is -1.06. The number of rotatable bonds is 6. The van der Waals surface area contributed by atoms with Crippen LogP contribution in [0.15, 0.2) is 18.2 Å². The fourth-order valence-corrected chi connectivity index (χ4v) is 2.09. The first-order chi connectivity index (χ1) is 8.42. The van der Waals surface area contributed by atoms with Crippen LogP contribution in [0.2, 0.25) is 0 Å². The summed E-state index contributed by atoms with van der Waals surface area (Å²) in [7, 11) is 1.71. The first-order valence-corrected chi connectivity index (χ1v) is 6.42. The van der Waals surface area contributed by atoms with Gasteiger partial charge in [0, 0.05) is 17.5 Å². The van der Waals surface area contributed by atoms with Crippen LogP contribution >= 0.6 is 0 Å². The fraction of sp³-hybridized carbons (Fsp3) is 0.600. The van der Waals surface area contributed by atoms with Gasteiger partial charge in [-0.1, -0.05) is 39.8 Å². The molecule has 0 spiro atoms. The summed E-state index contributed by atoms with van der Waals surface area (Å²) in [6, 6.07) is 6.40. The summed E-state index contributed by atoms with van der Waals surface area (Å²) in [5.41, 5.74) is 2.36. The van der Waals surface area contributed by atoms with Crippen LogP contribution in [0.25, 0.3) is 0 Å². The Balaban J connectivity index is 3.08. The van der Waals surface area contributed by atoms with Gasteiger partial charge in [-0.3, -0.25) is 5.32 Å². The lowest BCUT2D eigenvalue weighted by Gasteiger charge is -2.28. The van der Waals surface area contributed by atoms with Gasteiger partial charge in [0.1, 0.15) is 5.75 Å². The van der Waals surface area contributed by atoms with Crippen LogP contribution in [0.1, 0.15) is 44.7 Å². The van der Waals surface area contributed by atoms with E-state index in [-0.39, 0.29) is 12.1 Å². The lowest BCUT2D eigenvalue weighted by atomic mass is 9.82. The van der Waals surface area contributed by atoms with Crippen LogP contribution in [0.5, 0.6) is 5.75 Å². The molecule has 1 aromatic rings. The monoisotopic (exact) mass is 251 g/mol. The first kappa shape index (κ1) is 15.0. The van der Waals surface area contributed by atoms with E-state index in [1.807, 2.05) is 0 Å². The molecule has 1 aromatic carbocycles. The maximum atomic E-state index is 8.88. The molecule has 0 bridgehead atoms. The van der Waals surface area contributed by atoms with Gasteiger partial charge in [-0.2, -0.15) is 0 Å². The van der Waals surface area contributed by atoms with Crippen molar-refractivity contribution in [2.75, 3.05) is 20.4 Å². The molecule has 102 valence electrons. The molecule has 0 fully saturated rings. The second kappa shape index (κ2) is 6.21.